The molecular formula is C27H25ClN6S. The van der Waals surface area contributed by atoms with Crippen molar-refractivity contribution < 1.29 is 0 Å². The second kappa shape index (κ2) is 10.5. The molecule has 1 fully saturated rings. The van der Waals surface area contributed by atoms with Crippen LogP contribution in [0, 0.1) is 11.3 Å². The topological polar surface area (TPSA) is 69.8 Å². The molecule has 0 bridgehead atoms. The van der Waals surface area contributed by atoms with Crippen LogP contribution in [-0.4, -0.2) is 39.1 Å². The minimum atomic E-state index is 0.484. The van der Waals surface area contributed by atoms with Crippen LogP contribution >= 0.6 is 23.4 Å². The summed E-state index contributed by atoms with van der Waals surface area (Å²) in [5.74, 6) is 0. The smallest absolute Gasteiger partial charge is 0.172 e. The van der Waals surface area contributed by atoms with E-state index < -0.39 is 0 Å². The number of fused-ring (bicyclic) bond motifs is 1. The molecule has 3 heterocycles. The van der Waals surface area contributed by atoms with Gasteiger partial charge in [0.25, 0.3) is 0 Å². The molecule has 35 heavy (non-hydrogen) atoms. The molecule has 0 amide bonds. The normalized spacial score (nSPS) is 14.1. The van der Waals surface area contributed by atoms with Crippen LogP contribution in [0.5, 0.6) is 0 Å². The molecule has 8 heteroatoms. The molecule has 1 saturated heterocycles. The first-order valence-corrected chi connectivity index (χ1v) is 12.7. The first-order valence-electron chi connectivity index (χ1n) is 11.5. The highest BCUT2D eigenvalue weighted by Gasteiger charge is 2.13. The van der Waals surface area contributed by atoms with Crippen LogP contribution in [0.4, 0.5) is 11.4 Å². The fourth-order valence-corrected chi connectivity index (χ4v) is 5.29. The number of halogens is 1. The molecule has 0 atom stereocenters. The van der Waals surface area contributed by atoms with Crippen LogP contribution in [0.2, 0.25) is 5.02 Å². The maximum Gasteiger partial charge on any atom is 0.172 e. The molecule has 5 rings (SSSR count). The Morgan fingerprint density at radius 1 is 1.17 bits per heavy atom. The molecule has 0 radical (unpaired) electrons. The Morgan fingerprint density at radius 3 is 2.77 bits per heavy atom. The van der Waals surface area contributed by atoms with E-state index in [2.05, 4.69) is 50.5 Å². The third kappa shape index (κ3) is 5.35. The average Bonchev–Trinajstić information content (AvgIpc) is 3.53. The lowest BCUT2D eigenvalue weighted by Gasteiger charge is -2.13. The lowest BCUT2D eigenvalue weighted by Crippen LogP contribution is -2.18. The fraction of sp³-hybridized carbons (Fsp3) is 0.222. The van der Waals surface area contributed by atoms with Crippen LogP contribution in [0.3, 0.4) is 0 Å². The number of aryl methyl sites for hydroxylation is 1. The first kappa shape index (κ1) is 23.4. The van der Waals surface area contributed by atoms with Crippen molar-refractivity contribution >= 4 is 51.7 Å². The number of nitrogens with one attached hydrogen (secondary N) is 1. The Bertz CT molecular complexity index is 1430. The van der Waals surface area contributed by atoms with Crippen molar-refractivity contribution in [2.45, 2.75) is 22.9 Å². The van der Waals surface area contributed by atoms with Gasteiger partial charge in [0.15, 0.2) is 5.16 Å². The van der Waals surface area contributed by atoms with Crippen LogP contribution in [0.25, 0.3) is 17.0 Å². The molecule has 0 aliphatic carbocycles. The molecular weight excluding hydrogens is 476 g/mol. The van der Waals surface area contributed by atoms with Crippen LogP contribution in [0.15, 0.2) is 71.1 Å². The zero-order chi connectivity index (χ0) is 24.2. The SMILES string of the molecule is Cn1ccnc1Sc1ccc(Nc2c(C#N)cnc3cc(/C=C/CN4CCCC4)ccc23)cc1Cl. The van der Waals surface area contributed by atoms with Crippen molar-refractivity contribution in [1.29, 1.82) is 5.26 Å². The van der Waals surface area contributed by atoms with Crippen molar-refractivity contribution in [3.63, 3.8) is 0 Å². The number of rotatable bonds is 7. The van der Waals surface area contributed by atoms with Gasteiger partial charge in [-0.15, -0.1) is 0 Å². The molecule has 0 unspecified atom stereocenters. The molecule has 1 aliphatic heterocycles. The van der Waals surface area contributed by atoms with E-state index >= 15 is 0 Å². The number of benzene rings is 2. The highest BCUT2D eigenvalue weighted by molar-refractivity contribution is 7.99. The van der Waals surface area contributed by atoms with E-state index in [-0.39, 0.29) is 0 Å². The summed E-state index contributed by atoms with van der Waals surface area (Å²) in [7, 11) is 1.95. The number of likely N-dealkylation sites (tertiary alicyclic amines) is 1. The van der Waals surface area contributed by atoms with Gasteiger partial charge in [0.05, 0.1) is 21.8 Å². The third-order valence-electron chi connectivity index (χ3n) is 6.07. The van der Waals surface area contributed by atoms with Crippen LogP contribution in [-0.2, 0) is 7.05 Å². The van der Waals surface area contributed by atoms with Crippen molar-refractivity contribution in [3.05, 3.63) is 77.2 Å². The van der Waals surface area contributed by atoms with Crippen LogP contribution < -0.4 is 5.32 Å². The molecule has 0 spiro atoms. The van der Waals surface area contributed by atoms with E-state index in [4.69, 9.17) is 11.6 Å². The number of hydrogen-bond acceptors (Lipinski definition) is 6. The molecule has 1 N–H and O–H groups in total. The van der Waals surface area contributed by atoms with Gasteiger partial charge in [-0.2, -0.15) is 5.26 Å². The van der Waals surface area contributed by atoms with Gasteiger partial charge < -0.3 is 9.88 Å². The number of anilines is 2. The lowest BCUT2D eigenvalue weighted by molar-refractivity contribution is 0.378. The monoisotopic (exact) mass is 500 g/mol. The van der Waals surface area contributed by atoms with Gasteiger partial charge in [-0.1, -0.05) is 47.6 Å². The molecule has 2 aromatic carbocycles. The number of nitriles is 1. The summed E-state index contributed by atoms with van der Waals surface area (Å²) in [5.41, 5.74) is 3.95. The van der Waals surface area contributed by atoms with Gasteiger partial charge in [0, 0.05) is 48.2 Å². The van der Waals surface area contributed by atoms with E-state index in [0.29, 0.717) is 10.6 Å². The van der Waals surface area contributed by atoms with Gasteiger partial charge in [-0.05, 0) is 55.8 Å². The number of hydrogen-bond donors (Lipinski definition) is 1. The molecule has 176 valence electrons. The molecule has 1 aliphatic rings. The summed E-state index contributed by atoms with van der Waals surface area (Å²) < 4.78 is 1.95. The molecule has 2 aromatic heterocycles. The average molecular weight is 501 g/mol. The van der Waals surface area contributed by atoms with Gasteiger partial charge in [0.1, 0.15) is 6.07 Å². The highest BCUT2D eigenvalue weighted by atomic mass is 35.5. The Balaban J connectivity index is 1.38. The minimum absolute atomic E-state index is 0.484. The molecule has 0 saturated carbocycles. The van der Waals surface area contributed by atoms with E-state index in [1.807, 2.05) is 42.1 Å². The van der Waals surface area contributed by atoms with Crippen molar-refractivity contribution in [1.82, 2.24) is 19.4 Å². The summed E-state index contributed by atoms with van der Waals surface area (Å²) in [4.78, 5) is 12.3. The zero-order valence-corrected chi connectivity index (χ0v) is 21.0. The van der Waals surface area contributed by atoms with E-state index in [0.717, 1.165) is 44.4 Å². The summed E-state index contributed by atoms with van der Waals surface area (Å²) in [6.07, 6.45) is 12.2. The first-order chi connectivity index (χ1) is 17.1. The van der Waals surface area contributed by atoms with Gasteiger partial charge in [0.2, 0.25) is 0 Å². The number of imidazole rings is 1. The largest absolute Gasteiger partial charge is 0.354 e. The summed E-state index contributed by atoms with van der Waals surface area (Å²) in [6, 6.07) is 14.2. The maximum absolute atomic E-state index is 9.71. The fourth-order valence-electron chi connectivity index (χ4n) is 4.19. The van der Waals surface area contributed by atoms with Crippen molar-refractivity contribution in [3.8, 4) is 6.07 Å². The van der Waals surface area contributed by atoms with E-state index in [9.17, 15) is 5.26 Å². The Morgan fingerprint density at radius 2 is 2.03 bits per heavy atom. The van der Waals surface area contributed by atoms with E-state index in [1.165, 1.54) is 37.7 Å². The van der Waals surface area contributed by atoms with Gasteiger partial charge >= 0.3 is 0 Å². The summed E-state index contributed by atoms with van der Waals surface area (Å²) >= 11 is 8.10. The quantitative estimate of drug-likeness (QED) is 0.312. The lowest BCUT2D eigenvalue weighted by atomic mass is 10.1. The predicted octanol–water partition coefficient (Wildman–Crippen LogP) is 6.50. The van der Waals surface area contributed by atoms with E-state index in [1.54, 1.807) is 12.4 Å². The number of aromatic nitrogens is 3. The number of pyridine rings is 1. The van der Waals surface area contributed by atoms with Crippen molar-refractivity contribution in [2.24, 2.45) is 7.05 Å². The second-order valence-corrected chi connectivity index (χ2v) is 9.95. The minimum Gasteiger partial charge on any atom is -0.354 e. The van der Waals surface area contributed by atoms with Gasteiger partial charge in [-0.3, -0.25) is 9.88 Å². The zero-order valence-electron chi connectivity index (χ0n) is 19.4. The van der Waals surface area contributed by atoms with Crippen molar-refractivity contribution in [2.75, 3.05) is 25.0 Å². The van der Waals surface area contributed by atoms with Gasteiger partial charge in [-0.25, -0.2) is 4.98 Å². The highest BCUT2D eigenvalue weighted by Crippen LogP contribution is 2.36. The summed E-state index contributed by atoms with van der Waals surface area (Å²) in [6.45, 7) is 3.34. The maximum atomic E-state index is 9.71. The van der Waals surface area contributed by atoms with Crippen LogP contribution in [0.1, 0.15) is 24.0 Å². The molecule has 6 nitrogen and oxygen atoms in total. The Labute approximate surface area is 214 Å². The summed E-state index contributed by atoms with van der Waals surface area (Å²) in [5, 5.41) is 15.5. The predicted molar refractivity (Wildman–Crippen MR) is 143 cm³/mol. The number of nitrogens with zero attached hydrogens (tertiary/aromatic N) is 5. The Hall–Kier alpha value is -3.31. The molecule has 4 aromatic rings. The standard InChI is InChI=1S/C27H25ClN6S/c1-33-14-10-30-27(33)35-25-9-7-21(16-23(25)28)32-26-20(17-29)18-31-24-15-19(6-8-22(24)26)5-4-13-34-11-2-3-12-34/h4-10,14-16,18H,2-3,11-13H2,1H3,(H,31,32)/b5-4+. The Kier molecular flexibility index (Phi) is 7.05. The second-order valence-electron chi connectivity index (χ2n) is 8.54. The third-order valence-corrected chi connectivity index (χ3v) is 7.64.